The summed E-state index contributed by atoms with van der Waals surface area (Å²) in [7, 11) is 0. The average molecular weight is 185 g/mol. The summed E-state index contributed by atoms with van der Waals surface area (Å²) in [6.45, 7) is 3.89. The molecule has 0 saturated carbocycles. The first-order valence-corrected chi connectivity index (χ1v) is 4.36. The van der Waals surface area contributed by atoms with Crippen LogP contribution in [-0.2, 0) is 0 Å². The minimum absolute atomic E-state index is 0.182. The molecule has 0 aromatic carbocycles. The van der Waals surface area contributed by atoms with Gasteiger partial charge in [-0.3, -0.25) is 4.79 Å². The molecule has 0 atom stereocenters. The highest BCUT2D eigenvalue weighted by Gasteiger charge is 2.18. The van der Waals surface area contributed by atoms with Gasteiger partial charge in [-0.15, -0.1) is 0 Å². The van der Waals surface area contributed by atoms with Crippen molar-refractivity contribution in [2.45, 2.75) is 19.8 Å². The van der Waals surface area contributed by atoms with Gasteiger partial charge in [-0.1, -0.05) is 13.8 Å². The molecule has 0 radical (unpaired) electrons. The minimum Gasteiger partial charge on any atom is -0.389 e. The van der Waals surface area contributed by atoms with E-state index in [4.69, 9.17) is 11.5 Å². The minimum atomic E-state index is -0.495. The van der Waals surface area contributed by atoms with Crippen molar-refractivity contribution >= 4 is 22.4 Å². The molecule has 4 N–H and O–H groups in total. The SMILES string of the molecule is CC(C)c1nsc(N)c1C(N)=O. The van der Waals surface area contributed by atoms with Gasteiger partial charge in [0, 0.05) is 0 Å². The van der Waals surface area contributed by atoms with Gasteiger partial charge in [-0.2, -0.15) is 4.37 Å². The van der Waals surface area contributed by atoms with E-state index in [1.165, 1.54) is 0 Å². The summed E-state index contributed by atoms with van der Waals surface area (Å²) in [5.74, 6) is -0.314. The highest BCUT2D eigenvalue weighted by Crippen LogP contribution is 2.26. The molecule has 0 spiro atoms. The van der Waals surface area contributed by atoms with Crippen LogP contribution in [0.25, 0.3) is 0 Å². The molecule has 4 nitrogen and oxygen atoms in total. The second kappa shape index (κ2) is 3.10. The van der Waals surface area contributed by atoms with Crippen LogP contribution in [0.4, 0.5) is 5.00 Å². The molecule has 66 valence electrons. The van der Waals surface area contributed by atoms with Crippen LogP contribution in [0.1, 0.15) is 35.8 Å². The zero-order valence-electron chi connectivity index (χ0n) is 7.00. The summed E-state index contributed by atoms with van der Waals surface area (Å²) < 4.78 is 4.05. The molecule has 12 heavy (non-hydrogen) atoms. The van der Waals surface area contributed by atoms with Crippen molar-refractivity contribution in [1.29, 1.82) is 0 Å². The van der Waals surface area contributed by atoms with Crippen LogP contribution >= 0.6 is 11.5 Å². The fraction of sp³-hybridized carbons (Fsp3) is 0.429. The highest BCUT2D eigenvalue weighted by atomic mass is 32.1. The maximum absolute atomic E-state index is 10.9. The molecule has 0 saturated heterocycles. The van der Waals surface area contributed by atoms with Crippen molar-refractivity contribution in [3.8, 4) is 0 Å². The molecule has 0 unspecified atom stereocenters. The van der Waals surface area contributed by atoms with Crippen LogP contribution in [-0.4, -0.2) is 10.3 Å². The lowest BCUT2D eigenvalue weighted by Crippen LogP contribution is -2.14. The number of rotatable bonds is 2. The first kappa shape index (κ1) is 8.99. The molecule has 0 aliphatic carbocycles. The number of hydrogen-bond donors (Lipinski definition) is 2. The van der Waals surface area contributed by atoms with Gasteiger partial charge in [0.1, 0.15) is 5.00 Å². The Morgan fingerprint density at radius 2 is 2.17 bits per heavy atom. The Bertz CT molecular complexity index is 306. The van der Waals surface area contributed by atoms with Crippen molar-refractivity contribution in [3.05, 3.63) is 11.3 Å². The Morgan fingerprint density at radius 3 is 2.50 bits per heavy atom. The number of aromatic nitrogens is 1. The van der Waals surface area contributed by atoms with Gasteiger partial charge in [-0.05, 0) is 17.5 Å². The zero-order chi connectivity index (χ0) is 9.30. The lowest BCUT2D eigenvalue weighted by atomic mass is 10.1. The molecule has 1 aromatic heterocycles. The van der Waals surface area contributed by atoms with Gasteiger partial charge in [0.05, 0.1) is 11.3 Å². The van der Waals surface area contributed by atoms with Crippen molar-refractivity contribution in [2.24, 2.45) is 5.73 Å². The van der Waals surface area contributed by atoms with Crippen LogP contribution in [0.2, 0.25) is 0 Å². The predicted molar refractivity (Wildman–Crippen MR) is 49.1 cm³/mol. The number of nitrogen functional groups attached to an aromatic ring is 1. The van der Waals surface area contributed by atoms with E-state index in [-0.39, 0.29) is 5.92 Å². The van der Waals surface area contributed by atoms with Gasteiger partial charge in [0.15, 0.2) is 0 Å². The molecule has 5 heteroatoms. The third-order valence-corrected chi connectivity index (χ3v) is 2.23. The molecule has 1 heterocycles. The molecular formula is C7H11N3OS. The van der Waals surface area contributed by atoms with Gasteiger partial charge in [-0.25, -0.2) is 0 Å². The molecule has 1 amide bonds. The Kier molecular flexibility index (Phi) is 2.32. The first-order valence-electron chi connectivity index (χ1n) is 3.59. The average Bonchev–Trinajstić information content (AvgIpc) is 2.30. The number of carbonyl (C=O) groups excluding carboxylic acids is 1. The summed E-state index contributed by atoms with van der Waals surface area (Å²) >= 11 is 1.11. The number of anilines is 1. The lowest BCUT2D eigenvalue weighted by molar-refractivity contribution is 0.1000. The predicted octanol–water partition coefficient (Wildman–Crippen LogP) is 0.948. The van der Waals surface area contributed by atoms with Crippen LogP contribution in [0.3, 0.4) is 0 Å². The molecule has 0 fully saturated rings. The number of amides is 1. The van der Waals surface area contributed by atoms with Gasteiger partial charge in [0.25, 0.3) is 5.91 Å². The number of primary amides is 1. The molecule has 0 aliphatic heterocycles. The summed E-state index contributed by atoms with van der Waals surface area (Å²) in [4.78, 5) is 10.9. The Hall–Kier alpha value is -1.10. The molecule has 0 bridgehead atoms. The maximum atomic E-state index is 10.9. The van der Waals surface area contributed by atoms with E-state index in [1.54, 1.807) is 0 Å². The van der Waals surface area contributed by atoms with Gasteiger partial charge in [0.2, 0.25) is 0 Å². The largest absolute Gasteiger partial charge is 0.389 e. The standard InChI is InChI=1S/C7H11N3OS/c1-3(2)5-4(6(8)11)7(9)12-10-5/h3H,9H2,1-2H3,(H2,8,11). The maximum Gasteiger partial charge on any atom is 0.253 e. The van der Waals surface area contributed by atoms with E-state index in [9.17, 15) is 4.79 Å². The number of carbonyl (C=O) groups is 1. The normalized spacial score (nSPS) is 10.6. The number of nitrogens with zero attached hydrogens (tertiary/aromatic N) is 1. The molecule has 1 rings (SSSR count). The molecule has 0 aliphatic rings. The fourth-order valence-corrected chi connectivity index (χ4v) is 1.75. The van der Waals surface area contributed by atoms with E-state index >= 15 is 0 Å². The van der Waals surface area contributed by atoms with Gasteiger partial charge < -0.3 is 11.5 Å². The van der Waals surface area contributed by atoms with E-state index in [1.807, 2.05) is 13.8 Å². The second-order valence-corrected chi connectivity index (χ2v) is 3.63. The molecular weight excluding hydrogens is 174 g/mol. The Balaban J connectivity index is 3.21. The topological polar surface area (TPSA) is 82.0 Å². The first-order chi connectivity index (χ1) is 5.54. The third kappa shape index (κ3) is 1.40. The van der Waals surface area contributed by atoms with E-state index in [0.717, 1.165) is 11.5 Å². The lowest BCUT2D eigenvalue weighted by Gasteiger charge is -2.01. The van der Waals surface area contributed by atoms with E-state index < -0.39 is 5.91 Å². The smallest absolute Gasteiger partial charge is 0.253 e. The zero-order valence-corrected chi connectivity index (χ0v) is 7.81. The summed E-state index contributed by atoms with van der Waals surface area (Å²) in [5, 5.41) is 0.409. The monoisotopic (exact) mass is 185 g/mol. The Labute approximate surface area is 74.7 Å². The van der Waals surface area contributed by atoms with Crippen LogP contribution in [0.15, 0.2) is 0 Å². The van der Waals surface area contributed by atoms with E-state index in [0.29, 0.717) is 16.3 Å². The Morgan fingerprint density at radius 1 is 1.58 bits per heavy atom. The van der Waals surface area contributed by atoms with Crippen molar-refractivity contribution in [2.75, 3.05) is 5.73 Å². The summed E-state index contributed by atoms with van der Waals surface area (Å²) in [6, 6.07) is 0. The van der Waals surface area contributed by atoms with Crippen molar-refractivity contribution in [1.82, 2.24) is 4.37 Å². The number of hydrogen-bond acceptors (Lipinski definition) is 4. The van der Waals surface area contributed by atoms with E-state index in [2.05, 4.69) is 4.37 Å². The van der Waals surface area contributed by atoms with Crippen LogP contribution in [0.5, 0.6) is 0 Å². The third-order valence-electron chi connectivity index (χ3n) is 1.54. The number of nitrogens with two attached hydrogens (primary N) is 2. The summed E-state index contributed by atoms with van der Waals surface area (Å²) in [5.41, 5.74) is 11.8. The van der Waals surface area contributed by atoms with Crippen molar-refractivity contribution < 1.29 is 4.79 Å². The quantitative estimate of drug-likeness (QED) is 0.719. The van der Waals surface area contributed by atoms with Crippen LogP contribution in [0, 0.1) is 0 Å². The highest BCUT2D eigenvalue weighted by molar-refractivity contribution is 7.10. The van der Waals surface area contributed by atoms with Crippen molar-refractivity contribution in [3.63, 3.8) is 0 Å². The fourth-order valence-electron chi connectivity index (χ4n) is 0.958. The molecule has 1 aromatic rings. The van der Waals surface area contributed by atoms with Gasteiger partial charge >= 0.3 is 0 Å². The summed E-state index contributed by atoms with van der Waals surface area (Å²) in [6.07, 6.45) is 0. The van der Waals surface area contributed by atoms with Crippen LogP contribution < -0.4 is 11.5 Å². The second-order valence-electron chi connectivity index (χ2n) is 2.83.